The van der Waals surface area contributed by atoms with Crippen molar-refractivity contribution >= 4 is 22.5 Å². The molecule has 4 heteroatoms. The van der Waals surface area contributed by atoms with Gasteiger partial charge in [0.2, 0.25) is 0 Å². The minimum Gasteiger partial charge on any atom is -0.455 e. The van der Waals surface area contributed by atoms with E-state index >= 15 is 0 Å². The van der Waals surface area contributed by atoms with Crippen molar-refractivity contribution in [2.24, 2.45) is 0 Å². The van der Waals surface area contributed by atoms with Crippen molar-refractivity contribution in [3.05, 3.63) is 66.1 Å². The Balaban J connectivity index is 2.03. The maximum Gasteiger partial charge on any atom is 0.153 e. The number of hydrogen-bond acceptors (Lipinski definition) is 2. The first-order chi connectivity index (χ1) is 9.76. The van der Waals surface area contributed by atoms with E-state index in [2.05, 4.69) is 4.98 Å². The molecule has 0 atom stereocenters. The molecule has 2 nitrogen and oxygen atoms in total. The van der Waals surface area contributed by atoms with Crippen molar-refractivity contribution < 1.29 is 9.13 Å². The Morgan fingerprint density at radius 1 is 1.10 bits per heavy atom. The fourth-order valence-corrected chi connectivity index (χ4v) is 2.20. The Morgan fingerprint density at radius 2 is 1.95 bits per heavy atom. The molecule has 1 aromatic heterocycles. The van der Waals surface area contributed by atoms with Gasteiger partial charge in [0.05, 0.1) is 0 Å². The average Bonchev–Trinajstić information content (AvgIpc) is 2.47. The second-order valence-corrected chi connectivity index (χ2v) is 4.63. The number of halogens is 2. The Bertz CT molecular complexity index is 755. The molecule has 0 aliphatic carbocycles. The van der Waals surface area contributed by atoms with Gasteiger partial charge in [0.25, 0.3) is 0 Å². The standard InChI is InChI=1S/C16H11ClFNO/c17-10-11-7-13(18)9-14(8-11)20-15-5-1-3-12-4-2-6-19-16(12)15/h1-9H,10H2. The van der Waals surface area contributed by atoms with Gasteiger partial charge in [-0.15, -0.1) is 11.6 Å². The number of rotatable bonds is 3. The van der Waals surface area contributed by atoms with E-state index in [0.29, 0.717) is 17.1 Å². The van der Waals surface area contributed by atoms with Crippen LogP contribution in [0.2, 0.25) is 0 Å². The van der Waals surface area contributed by atoms with Gasteiger partial charge < -0.3 is 4.74 Å². The van der Waals surface area contributed by atoms with E-state index in [9.17, 15) is 4.39 Å². The molecule has 0 saturated heterocycles. The molecule has 0 N–H and O–H groups in total. The molecule has 2 aromatic carbocycles. The molecule has 0 fully saturated rings. The quantitative estimate of drug-likeness (QED) is 0.639. The normalized spacial score (nSPS) is 10.7. The number of hydrogen-bond donors (Lipinski definition) is 0. The average molecular weight is 288 g/mol. The molecule has 20 heavy (non-hydrogen) atoms. The molecule has 0 saturated carbocycles. The summed E-state index contributed by atoms with van der Waals surface area (Å²) in [4.78, 5) is 4.30. The van der Waals surface area contributed by atoms with Crippen LogP contribution in [0.4, 0.5) is 4.39 Å². The molecule has 0 bridgehead atoms. The zero-order valence-electron chi connectivity index (χ0n) is 10.5. The number of alkyl halides is 1. The fourth-order valence-electron chi connectivity index (χ4n) is 2.04. The predicted octanol–water partition coefficient (Wildman–Crippen LogP) is 4.91. The third-order valence-corrected chi connectivity index (χ3v) is 3.22. The molecule has 0 unspecified atom stereocenters. The molecule has 0 aliphatic rings. The second-order valence-electron chi connectivity index (χ2n) is 4.36. The summed E-state index contributed by atoms with van der Waals surface area (Å²) >= 11 is 5.73. The van der Waals surface area contributed by atoms with E-state index in [4.69, 9.17) is 16.3 Å². The number of benzene rings is 2. The first kappa shape index (κ1) is 12.9. The van der Waals surface area contributed by atoms with Crippen molar-refractivity contribution in [2.75, 3.05) is 0 Å². The summed E-state index contributed by atoms with van der Waals surface area (Å²) in [5.74, 6) is 0.876. The van der Waals surface area contributed by atoms with Gasteiger partial charge in [0.1, 0.15) is 17.1 Å². The third-order valence-electron chi connectivity index (χ3n) is 2.91. The molecule has 0 spiro atoms. The zero-order valence-corrected chi connectivity index (χ0v) is 11.3. The van der Waals surface area contributed by atoms with Gasteiger partial charge in [-0.3, -0.25) is 4.98 Å². The van der Waals surface area contributed by atoms with E-state index in [1.165, 1.54) is 12.1 Å². The SMILES string of the molecule is Fc1cc(CCl)cc(Oc2cccc3cccnc23)c1. The van der Waals surface area contributed by atoms with Gasteiger partial charge >= 0.3 is 0 Å². The largest absolute Gasteiger partial charge is 0.455 e. The van der Waals surface area contributed by atoms with E-state index in [-0.39, 0.29) is 11.7 Å². The number of nitrogens with zero attached hydrogens (tertiary/aromatic N) is 1. The molecule has 3 rings (SSSR count). The molecular formula is C16H11ClFNO. The highest BCUT2D eigenvalue weighted by molar-refractivity contribution is 6.17. The summed E-state index contributed by atoms with van der Waals surface area (Å²) in [5, 5.41) is 0.971. The summed E-state index contributed by atoms with van der Waals surface area (Å²) in [7, 11) is 0. The topological polar surface area (TPSA) is 22.1 Å². The number of aromatic nitrogens is 1. The Morgan fingerprint density at radius 3 is 2.80 bits per heavy atom. The van der Waals surface area contributed by atoms with Gasteiger partial charge in [-0.2, -0.15) is 0 Å². The van der Waals surface area contributed by atoms with Gasteiger partial charge in [-0.05, 0) is 29.8 Å². The summed E-state index contributed by atoms with van der Waals surface area (Å²) in [5.41, 5.74) is 1.42. The van der Waals surface area contributed by atoms with Crippen LogP contribution in [0.1, 0.15) is 5.56 Å². The van der Waals surface area contributed by atoms with Crippen molar-refractivity contribution in [3.63, 3.8) is 0 Å². The van der Waals surface area contributed by atoms with Crippen LogP contribution in [0.15, 0.2) is 54.7 Å². The first-order valence-corrected chi connectivity index (χ1v) is 6.67. The highest BCUT2D eigenvalue weighted by Crippen LogP contribution is 2.29. The summed E-state index contributed by atoms with van der Waals surface area (Å²) < 4.78 is 19.2. The van der Waals surface area contributed by atoms with Crippen LogP contribution in [0, 0.1) is 5.82 Å². The number of fused-ring (bicyclic) bond motifs is 1. The lowest BCUT2D eigenvalue weighted by atomic mass is 10.2. The minimum absolute atomic E-state index is 0.238. The van der Waals surface area contributed by atoms with Crippen LogP contribution in [-0.2, 0) is 5.88 Å². The van der Waals surface area contributed by atoms with E-state index in [0.717, 1.165) is 10.9 Å². The predicted molar refractivity (Wildman–Crippen MR) is 77.8 cm³/mol. The van der Waals surface area contributed by atoms with Crippen LogP contribution in [0.25, 0.3) is 10.9 Å². The number of ether oxygens (including phenoxy) is 1. The molecule has 1 heterocycles. The monoisotopic (exact) mass is 287 g/mol. The highest BCUT2D eigenvalue weighted by Gasteiger charge is 2.06. The lowest BCUT2D eigenvalue weighted by molar-refractivity contribution is 0.480. The van der Waals surface area contributed by atoms with Crippen LogP contribution in [-0.4, -0.2) is 4.98 Å². The smallest absolute Gasteiger partial charge is 0.153 e. The number of para-hydroxylation sites is 1. The van der Waals surface area contributed by atoms with Crippen LogP contribution in [0.3, 0.4) is 0 Å². The highest BCUT2D eigenvalue weighted by atomic mass is 35.5. The van der Waals surface area contributed by atoms with E-state index in [1.54, 1.807) is 18.3 Å². The Labute approximate surface area is 120 Å². The second kappa shape index (κ2) is 5.47. The lowest BCUT2D eigenvalue weighted by Crippen LogP contribution is -1.90. The maximum atomic E-state index is 13.5. The molecule has 0 amide bonds. The van der Waals surface area contributed by atoms with Gasteiger partial charge in [0, 0.05) is 23.5 Å². The van der Waals surface area contributed by atoms with Crippen LogP contribution < -0.4 is 4.74 Å². The molecule has 100 valence electrons. The first-order valence-electron chi connectivity index (χ1n) is 6.13. The van der Waals surface area contributed by atoms with Gasteiger partial charge in [0.15, 0.2) is 5.75 Å². The van der Waals surface area contributed by atoms with Crippen molar-refractivity contribution in [3.8, 4) is 11.5 Å². The summed E-state index contributed by atoms with van der Waals surface area (Å²) in [6.45, 7) is 0. The Hall–Kier alpha value is -2.13. The molecule has 0 aliphatic heterocycles. The van der Waals surface area contributed by atoms with Crippen molar-refractivity contribution in [1.82, 2.24) is 4.98 Å². The van der Waals surface area contributed by atoms with Crippen molar-refractivity contribution in [1.29, 1.82) is 0 Å². The van der Waals surface area contributed by atoms with Gasteiger partial charge in [-0.1, -0.05) is 18.2 Å². The summed E-state index contributed by atoms with van der Waals surface area (Å²) in [6, 6.07) is 13.9. The van der Waals surface area contributed by atoms with Crippen LogP contribution in [0.5, 0.6) is 11.5 Å². The Kier molecular flexibility index (Phi) is 3.52. The minimum atomic E-state index is -0.369. The van der Waals surface area contributed by atoms with Gasteiger partial charge in [-0.25, -0.2) is 4.39 Å². The van der Waals surface area contributed by atoms with E-state index < -0.39 is 0 Å². The lowest BCUT2D eigenvalue weighted by Gasteiger charge is -2.09. The molecular weight excluding hydrogens is 277 g/mol. The maximum absolute atomic E-state index is 13.5. The van der Waals surface area contributed by atoms with E-state index in [1.807, 2.05) is 24.3 Å². The summed E-state index contributed by atoms with van der Waals surface area (Å²) in [6.07, 6.45) is 1.70. The van der Waals surface area contributed by atoms with Crippen molar-refractivity contribution in [2.45, 2.75) is 5.88 Å². The molecule has 3 aromatic rings. The molecule has 0 radical (unpaired) electrons. The fraction of sp³-hybridized carbons (Fsp3) is 0.0625. The number of pyridine rings is 1. The zero-order chi connectivity index (χ0) is 13.9. The third kappa shape index (κ3) is 2.58. The van der Waals surface area contributed by atoms with Crippen LogP contribution >= 0.6 is 11.6 Å².